The molecule has 2 aromatic rings. The highest BCUT2D eigenvalue weighted by Crippen LogP contribution is 2.30. The van der Waals surface area contributed by atoms with Crippen molar-refractivity contribution >= 4 is 0 Å². The summed E-state index contributed by atoms with van der Waals surface area (Å²) in [5.74, 6) is 2.90. The van der Waals surface area contributed by atoms with E-state index >= 15 is 0 Å². The van der Waals surface area contributed by atoms with Crippen LogP contribution in [0, 0.1) is 6.92 Å². The summed E-state index contributed by atoms with van der Waals surface area (Å²) in [6.07, 6.45) is 4.26. The molecule has 3 rings (SSSR count). The van der Waals surface area contributed by atoms with Crippen molar-refractivity contribution in [3.05, 3.63) is 47.3 Å². The molecule has 0 radical (unpaired) electrons. The van der Waals surface area contributed by atoms with Gasteiger partial charge in [0.25, 0.3) is 0 Å². The quantitative estimate of drug-likeness (QED) is 0.867. The highest BCUT2D eigenvalue weighted by Gasteiger charge is 2.30. The van der Waals surface area contributed by atoms with Gasteiger partial charge in [0.1, 0.15) is 17.3 Å². The van der Waals surface area contributed by atoms with E-state index in [4.69, 9.17) is 14.6 Å². The molecule has 102 valence electrons. The fourth-order valence-corrected chi connectivity index (χ4v) is 2.43. The average Bonchev–Trinajstić information content (AvgIpc) is 3.01. The summed E-state index contributed by atoms with van der Waals surface area (Å²) in [7, 11) is 0. The van der Waals surface area contributed by atoms with Crippen LogP contribution in [0.3, 0.4) is 0 Å². The molecule has 1 aliphatic rings. The predicted molar refractivity (Wildman–Crippen MR) is 72.3 cm³/mol. The van der Waals surface area contributed by atoms with Crippen LogP contribution in [0.2, 0.25) is 0 Å². The van der Waals surface area contributed by atoms with Gasteiger partial charge in [-0.15, -0.1) is 0 Å². The molecule has 19 heavy (non-hydrogen) atoms. The number of furan rings is 2. The van der Waals surface area contributed by atoms with E-state index < -0.39 is 0 Å². The molecule has 0 amide bonds. The zero-order valence-corrected chi connectivity index (χ0v) is 11.3. The van der Waals surface area contributed by atoms with Crippen molar-refractivity contribution in [2.24, 2.45) is 5.73 Å². The first-order valence-corrected chi connectivity index (χ1v) is 6.81. The SMILES string of the molecule is Cc1cc(CN(Cc2ccco2)C2CC2)oc1CN. The van der Waals surface area contributed by atoms with Gasteiger partial charge in [0.2, 0.25) is 0 Å². The van der Waals surface area contributed by atoms with Crippen LogP contribution in [0.5, 0.6) is 0 Å². The molecule has 0 bridgehead atoms. The van der Waals surface area contributed by atoms with E-state index in [9.17, 15) is 0 Å². The van der Waals surface area contributed by atoms with E-state index in [1.54, 1.807) is 6.26 Å². The largest absolute Gasteiger partial charge is 0.468 e. The molecule has 1 fully saturated rings. The van der Waals surface area contributed by atoms with Crippen molar-refractivity contribution in [1.29, 1.82) is 0 Å². The van der Waals surface area contributed by atoms with Crippen LogP contribution in [-0.2, 0) is 19.6 Å². The first kappa shape index (κ1) is 12.5. The van der Waals surface area contributed by atoms with Crippen molar-refractivity contribution in [3.63, 3.8) is 0 Å². The summed E-state index contributed by atoms with van der Waals surface area (Å²) in [5, 5.41) is 0. The molecule has 0 atom stereocenters. The van der Waals surface area contributed by atoms with E-state index in [0.717, 1.165) is 35.9 Å². The summed E-state index contributed by atoms with van der Waals surface area (Å²) in [6.45, 7) is 4.18. The van der Waals surface area contributed by atoms with Crippen LogP contribution < -0.4 is 5.73 Å². The van der Waals surface area contributed by atoms with E-state index in [1.165, 1.54) is 12.8 Å². The van der Waals surface area contributed by atoms with Gasteiger partial charge in [0.15, 0.2) is 0 Å². The van der Waals surface area contributed by atoms with Gasteiger partial charge in [-0.25, -0.2) is 0 Å². The second-order valence-corrected chi connectivity index (χ2v) is 5.24. The van der Waals surface area contributed by atoms with Crippen LogP contribution in [-0.4, -0.2) is 10.9 Å². The van der Waals surface area contributed by atoms with Crippen molar-refractivity contribution in [2.75, 3.05) is 0 Å². The second kappa shape index (κ2) is 5.23. The van der Waals surface area contributed by atoms with Crippen LogP contribution in [0.1, 0.15) is 35.7 Å². The molecule has 0 aliphatic heterocycles. The predicted octanol–water partition coefficient (Wildman–Crippen LogP) is 2.80. The van der Waals surface area contributed by atoms with Gasteiger partial charge in [-0.2, -0.15) is 0 Å². The Morgan fingerprint density at radius 1 is 1.32 bits per heavy atom. The maximum absolute atomic E-state index is 5.79. The monoisotopic (exact) mass is 260 g/mol. The maximum atomic E-state index is 5.79. The number of hydrogen-bond acceptors (Lipinski definition) is 4. The Kier molecular flexibility index (Phi) is 3.44. The Morgan fingerprint density at radius 2 is 2.11 bits per heavy atom. The third-order valence-corrected chi connectivity index (χ3v) is 3.62. The van der Waals surface area contributed by atoms with Gasteiger partial charge in [-0.1, -0.05) is 0 Å². The normalized spacial score (nSPS) is 15.3. The van der Waals surface area contributed by atoms with Crippen LogP contribution >= 0.6 is 0 Å². The minimum Gasteiger partial charge on any atom is -0.468 e. The van der Waals surface area contributed by atoms with Crippen molar-refractivity contribution in [3.8, 4) is 0 Å². The maximum Gasteiger partial charge on any atom is 0.120 e. The van der Waals surface area contributed by atoms with Gasteiger partial charge < -0.3 is 14.6 Å². The summed E-state index contributed by atoms with van der Waals surface area (Å²) >= 11 is 0. The molecule has 2 heterocycles. The molecule has 1 saturated carbocycles. The average molecular weight is 260 g/mol. The first-order valence-electron chi connectivity index (χ1n) is 6.81. The Hall–Kier alpha value is -1.52. The third kappa shape index (κ3) is 2.91. The van der Waals surface area contributed by atoms with Gasteiger partial charge in [0.05, 0.1) is 25.9 Å². The standard InChI is InChI=1S/C15H20N2O2/c1-11-7-14(19-15(11)8-16)10-17(12-4-5-12)9-13-3-2-6-18-13/h2-3,6-7,12H,4-5,8-10,16H2,1H3. The van der Waals surface area contributed by atoms with Gasteiger partial charge in [0, 0.05) is 6.04 Å². The van der Waals surface area contributed by atoms with Crippen LogP contribution in [0.25, 0.3) is 0 Å². The Labute approximate surface area is 113 Å². The number of hydrogen-bond donors (Lipinski definition) is 1. The van der Waals surface area contributed by atoms with Crippen molar-refractivity contribution < 1.29 is 8.83 Å². The number of rotatable bonds is 6. The smallest absolute Gasteiger partial charge is 0.120 e. The Bertz CT molecular complexity index is 526. The van der Waals surface area contributed by atoms with E-state index in [1.807, 2.05) is 19.1 Å². The minimum atomic E-state index is 0.466. The third-order valence-electron chi connectivity index (χ3n) is 3.62. The van der Waals surface area contributed by atoms with Gasteiger partial charge in [-0.3, -0.25) is 4.90 Å². The summed E-state index contributed by atoms with van der Waals surface area (Å²) in [6, 6.07) is 6.72. The highest BCUT2D eigenvalue weighted by molar-refractivity contribution is 5.20. The minimum absolute atomic E-state index is 0.466. The second-order valence-electron chi connectivity index (χ2n) is 5.24. The number of nitrogens with two attached hydrogens (primary N) is 1. The Morgan fingerprint density at radius 3 is 2.68 bits per heavy atom. The summed E-state index contributed by atoms with van der Waals surface area (Å²) in [5.41, 5.74) is 6.80. The van der Waals surface area contributed by atoms with Crippen LogP contribution in [0.15, 0.2) is 33.3 Å². The molecule has 4 heteroatoms. The summed E-state index contributed by atoms with van der Waals surface area (Å²) < 4.78 is 11.2. The molecule has 1 aliphatic carbocycles. The number of aryl methyl sites for hydroxylation is 1. The fraction of sp³-hybridized carbons (Fsp3) is 0.467. The highest BCUT2D eigenvalue weighted by atomic mass is 16.3. The zero-order valence-electron chi connectivity index (χ0n) is 11.3. The van der Waals surface area contributed by atoms with Crippen molar-refractivity contribution in [2.45, 2.75) is 45.4 Å². The lowest BCUT2D eigenvalue weighted by Crippen LogP contribution is -2.24. The zero-order chi connectivity index (χ0) is 13.2. The molecule has 0 aromatic carbocycles. The lowest BCUT2D eigenvalue weighted by Gasteiger charge is -2.19. The van der Waals surface area contributed by atoms with E-state index in [2.05, 4.69) is 11.0 Å². The molecule has 0 spiro atoms. The molecule has 4 nitrogen and oxygen atoms in total. The molecular formula is C15H20N2O2. The topological polar surface area (TPSA) is 55.5 Å². The lowest BCUT2D eigenvalue weighted by molar-refractivity contribution is 0.206. The summed E-state index contributed by atoms with van der Waals surface area (Å²) in [4.78, 5) is 2.41. The molecule has 0 unspecified atom stereocenters. The van der Waals surface area contributed by atoms with Gasteiger partial charge in [-0.05, 0) is 43.5 Å². The molecule has 2 aromatic heterocycles. The first-order chi connectivity index (χ1) is 9.26. The lowest BCUT2D eigenvalue weighted by atomic mass is 10.2. The van der Waals surface area contributed by atoms with Crippen molar-refractivity contribution in [1.82, 2.24) is 4.90 Å². The van der Waals surface area contributed by atoms with E-state index in [0.29, 0.717) is 12.6 Å². The molecule has 0 saturated heterocycles. The van der Waals surface area contributed by atoms with E-state index in [-0.39, 0.29) is 0 Å². The van der Waals surface area contributed by atoms with Crippen LogP contribution in [0.4, 0.5) is 0 Å². The number of nitrogens with zero attached hydrogens (tertiary/aromatic N) is 1. The fourth-order valence-electron chi connectivity index (χ4n) is 2.43. The van der Waals surface area contributed by atoms with Gasteiger partial charge >= 0.3 is 0 Å². The molecular weight excluding hydrogens is 240 g/mol. The molecule has 2 N–H and O–H groups in total. The Balaban J connectivity index is 1.70.